The van der Waals surface area contributed by atoms with E-state index in [1.165, 1.54) is 11.1 Å². The van der Waals surface area contributed by atoms with Crippen LogP contribution in [0.15, 0.2) is 36.4 Å². The summed E-state index contributed by atoms with van der Waals surface area (Å²) in [5.74, 6) is 0.178. The summed E-state index contributed by atoms with van der Waals surface area (Å²) in [5, 5.41) is 9.29. The lowest BCUT2D eigenvalue weighted by Crippen LogP contribution is -2.40. The van der Waals surface area contributed by atoms with Gasteiger partial charge in [-0.1, -0.05) is 45.0 Å². The third-order valence-electron chi connectivity index (χ3n) is 5.51. The molecule has 4 heteroatoms. The van der Waals surface area contributed by atoms with Gasteiger partial charge in [-0.2, -0.15) is 0 Å². The standard InChI is InChI=1S/C24H36N2O2/c1-23(2,3)19-11-9-18(10-12-19)7-6-8-22(28)21-14-13-20(26(21)5)15-16-24(4,25)17-27/h9-14,27H,6-8,15-17,25H2,1-5H3/t24-/m1/s1. The zero-order valence-corrected chi connectivity index (χ0v) is 18.1. The molecule has 0 unspecified atom stereocenters. The van der Waals surface area contributed by atoms with Crippen LogP contribution in [0.1, 0.15) is 74.3 Å². The summed E-state index contributed by atoms with van der Waals surface area (Å²) >= 11 is 0. The molecule has 1 aromatic heterocycles. The molecule has 0 fully saturated rings. The molecule has 0 aliphatic heterocycles. The summed E-state index contributed by atoms with van der Waals surface area (Å²) in [6.07, 6.45) is 3.73. The Labute approximate surface area is 169 Å². The Morgan fingerprint density at radius 2 is 1.68 bits per heavy atom. The van der Waals surface area contributed by atoms with Crippen molar-refractivity contribution in [1.29, 1.82) is 0 Å². The monoisotopic (exact) mass is 384 g/mol. The van der Waals surface area contributed by atoms with Gasteiger partial charge < -0.3 is 15.4 Å². The van der Waals surface area contributed by atoms with Gasteiger partial charge in [0.1, 0.15) is 0 Å². The van der Waals surface area contributed by atoms with Crippen molar-refractivity contribution in [3.63, 3.8) is 0 Å². The number of aliphatic hydroxyl groups excluding tert-OH is 1. The predicted molar refractivity (Wildman–Crippen MR) is 116 cm³/mol. The average molecular weight is 385 g/mol. The second-order valence-electron chi connectivity index (χ2n) is 9.30. The van der Waals surface area contributed by atoms with E-state index in [9.17, 15) is 9.90 Å². The van der Waals surface area contributed by atoms with Crippen molar-refractivity contribution in [2.45, 2.75) is 70.8 Å². The zero-order chi connectivity index (χ0) is 20.9. The highest BCUT2D eigenvalue weighted by Crippen LogP contribution is 2.23. The van der Waals surface area contributed by atoms with Crippen LogP contribution >= 0.6 is 0 Å². The maximum atomic E-state index is 12.6. The van der Waals surface area contributed by atoms with Crippen molar-refractivity contribution in [1.82, 2.24) is 4.57 Å². The lowest BCUT2D eigenvalue weighted by molar-refractivity contribution is 0.0972. The van der Waals surface area contributed by atoms with E-state index in [1.54, 1.807) is 0 Å². The molecule has 1 heterocycles. The Hall–Kier alpha value is -1.91. The molecule has 0 aliphatic carbocycles. The van der Waals surface area contributed by atoms with Crippen LogP contribution < -0.4 is 5.73 Å². The van der Waals surface area contributed by atoms with Gasteiger partial charge in [-0.3, -0.25) is 4.79 Å². The summed E-state index contributed by atoms with van der Waals surface area (Å²) in [5.41, 5.74) is 10.0. The average Bonchev–Trinajstić information content (AvgIpc) is 3.00. The number of nitrogens with zero attached hydrogens (tertiary/aromatic N) is 1. The SMILES string of the molecule is Cn1c(CC[C@@](C)(N)CO)ccc1C(=O)CCCc1ccc(C(C)(C)C)cc1. The second-order valence-corrected chi connectivity index (χ2v) is 9.30. The van der Waals surface area contributed by atoms with E-state index in [1.807, 2.05) is 30.7 Å². The lowest BCUT2D eigenvalue weighted by atomic mass is 9.86. The first-order valence-corrected chi connectivity index (χ1v) is 10.2. The molecule has 0 amide bonds. The normalized spacial score (nSPS) is 14.1. The van der Waals surface area contributed by atoms with Gasteiger partial charge in [0, 0.05) is 24.7 Å². The van der Waals surface area contributed by atoms with Crippen LogP contribution in [-0.4, -0.2) is 27.6 Å². The van der Waals surface area contributed by atoms with E-state index in [-0.39, 0.29) is 17.8 Å². The minimum Gasteiger partial charge on any atom is -0.394 e. The molecule has 2 aromatic rings. The minimum absolute atomic E-state index is 0.0417. The van der Waals surface area contributed by atoms with E-state index < -0.39 is 5.54 Å². The number of hydrogen-bond acceptors (Lipinski definition) is 3. The number of carbonyl (C=O) groups is 1. The van der Waals surface area contributed by atoms with Crippen LogP contribution in [0.25, 0.3) is 0 Å². The van der Waals surface area contributed by atoms with E-state index in [4.69, 9.17) is 5.73 Å². The molecule has 0 bridgehead atoms. The third kappa shape index (κ3) is 6.05. The van der Waals surface area contributed by atoms with Gasteiger partial charge in [-0.05, 0) is 61.3 Å². The third-order valence-corrected chi connectivity index (χ3v) is 5.51. The van der Waals surface area contributed by atoms with Crippen LogP contribution in [0.5, 0.6) is 0 Å². The Balaban J connectivity index is 1.88. The number of aromatic nitrogens is 1. The number of benzene rings is 1. The van der Waals surface area contributed by atoms with E-state index in [0.29, 0.717) is 12.8 Å². The van der Waals surface area contributed by atoms with Gasteiger partial charge >= 0.3 is 0 Å². The largest absolute Gasteiger partial charge is 0.394 e. The van der Waals surface area contributed by atoms with Crippen molar-refractivity contribution in [3.05, 3.63) is 58.9 Å². The fourth-order valence-electron chi connectivity index (χ4n) is 3.33. The molecule has 3 N–H and O–H groups in total. The smallest absolute Gasteiger partial charge is 0.179 e. The number of Topliss-reactive ketones (excluding diaryl/α,β-unsaturated/α-hetero) is 1. The molecule has 0 saturated carbocycles. The Morgan fingerprint density at radius 3 is 2.25 bits per heavy atom. The first kappa shape index (κ1) is 22.4. The number of aryl methyl sites for hydroxylation is 2. The quantitative estimate of drug-likeness (QED) is 0.638. The number of carbonyl (C=O) groups excluding carboxylic acids is 1. The van der Waals surface area contributed by atoms with Gasteiger partial charge in [0.2, 0.25) is 0 Å². The molecule has 0 spiro atoms. The molecule has 0 radical (unpaired) electrons. The van der Waals surface area contributed by atoms with Crippen molar-refractivity contribution < 1.29 is 9.90 Å². The highest BCUT2D eigenvalue weighted by Gasteiger charge is 2.19. The Morgan fingerprint density at radius 1 is 1.04 bits per heavy atom. The van der Waals surface area contributed by atoms with Crippen LogP contribution in [0.2, 0.25) is 0 Å². The fraction of sp³-hybridized carbons (Fsp3) is 0.542. The number of aliphatic hydroxyl groups is 1. The molecule has 1 aromatic carbocycles. The number of rotatable bonds is 9. The molecule has 1 atom stereocenters. The van der Waals surface area contributed by atoms with E-state index in [0.717, 1.165) is 30.7 Å². The highest BCUT2D eigenvalue weighted by molar-refractivity contribution is 5.94. The maximum Gasteiger partial charge on any atom is 0.179 e. The number of hydrogen-bond donors (Lipinski definition) is 2. The van der Waals surface area contributed by atoms with Crippen LogP contribution in [-0.2, 0) is 25.3 Å². The zero-order valence-electron chi connectivity index (χ0n) is 18.1. The summed E-state index contributed by atoms with van der Waals surface area (Å²) in [6.45, 7) is 8.45. The van der Waals surface area contributed by atoms with Crippen molar-refractivity contribution in [3.8, 4) is 0 Å². The highest BCUT2D eigenvalue weighted by atomic mass is 16.3. The number of nitrogens with two attached hydrogens (primary N) is 1. The summed E-state index contributed by atoms with van der Waals surface area (Å²) in [4.78, 5) is 12.6. The molecule has 0 saturated heterocycles. The predicted octanol–water partition coefficient (Wildman–Crippen LogP) is 4.17. The van der Waals surface area contributed by atoms with Gasteiger partial charge in [0.25, 0.3) is 0 Å². The van der Waals surface area contributed by atoms with E-state index in [2.05, 4.69) is 45.0 Å². The molecule has 0 aliphatic rings. The molecule has 28 heavy (non-hydrogen) atoms. The molecular formula is C24H36N2O2. The molecule has 2 rings (SSSR count). The minimum atomic E-state index is -0.586. The maximum absolute atomic E-state index is 12.6. The van der Waals surface area contributed by atoms with Gasteiger partial charge in [0.15, 0.2) is 5.78 Å². The summed E-state index contributed by atoms with van der Waals surface area (Å²) < 4.78 is 1.97. The molecule has 154 valence electrons. The van der Waals surface area contributed by atoms with Gasteiger partial charge in [-0.15, -0.1) is 0 Å². The summed E-state index contributed by atoms with van der Waals surface area (Å²) in [6, 6.07) is 12.6. The van der Waals surface area contributed by atoms with Crippen LogP contribution in [0.4, 0.5) is 0 Å². The first-order chi connectivity index (χ1) is 13.0. The first-order valence-electron chi connectivity index (χ1n) is 10.2. The van der Waals surface area contributed by atoms with Gasteiger partial charge in [-0.25, -0.2) is 0 Å². The van der Waals surface area contributed by atoms with Crippen molar-refractivity contribution >= 4 is 5.78 Å². The summed E-state index contributed by atoms with van der Waals surface area (Å²) in [7, 11) is 1.93. The number of ketones is 1. The second kappa shape index (κ2) is 9.06. The van der Waals surface area contributed by atoms with Crippen LogP contribution in [0, 0.1) is 0 Å². The fourth-order valence-corrected chi connectivity index (χ4v) is 3.33. The van der Waals surface area contributed by atoms with Crippen LogP contribution in [0.3, 0.4) is 0 Å². The lowest BCUT2D eigenvalue weighted by Gasteiger charge is -2.21. The van der Waals surface area contributed by atoms with E-state index >= 15 is 0 Å². The Kier molecular flexibility index (Phi) is 7.24. The topological polar surface area (TPSA) is 68.2 Å². The molecule has 4 nitrogen and oxygen atoms in total. The van der Waals surface area contributed by atoms with Crippen molar-refractivity contribution in [2.75, 3.05) is 6.61 Å². The van der Waals surface area contributed by atoms with Crippen molar-refractivity contribution in [2.24, 2.45) is 12.8 Å². The Bertz CT molecular complexity index is 780. The van der Waals surface area contributed by atoms with Gasteiger partial charge in [0.05, 0.1) is 12.3 Å². The molecular weight excluding hydrogens is 348 g/mol.